The lowest BCUT2D eigenvalue weighted by Gasteiger charge is -2.41. The van der Waals surface area contributed by atoms with Crippen molar-refractivity contribution in [2.24, 2.45) is 0 Å². The van der Waals surface area contributed by atoms with E-state index in [2.05, 4.69) is 44.0 Å². The second kappa shape index (κ2) is 29.9. The van der Waals surface area contributed by atoms with Gasteiger partial charge in [-0.2, -0.15) is 4.39 Å². The van der Waals surface area contributed by atoms with Crippen molar-refractivity contribution < 1.29 is 51.6 Å². The maximum Gasteiger partial charge on any atom is 0.305 e. The van der Waals surface area contributed by atoms with Crippen LogP contribution in [0.4, 0.5) is 41.6 Å². The second-order valence-corrected chi connectivity index (χ2v) is 21.8. The first-order valence-corrected chi connectivity index (χ1v) is 29.1. The Labute approximate surface area is 484 Å². The Morgan fingerprint density at radius 1 is 0.663 bits per heavy atom. The summed E-state index contributed by atoms with van der Waals surface area (Å²) in [6, 6.07) is 19.3. The van der Waals surface area contributed by atoms with Gasteiger partial charge in [0.25, 0.3) is 23.2 Å². The fraction of sp³-hybridized carbons (Fsp3) is 0.548. The van der Waals surface area contributed by atoms with Crippen molar-refractivity contribution in [1.29, 1.82) is 0 Å². The highest BCUT2D eigenvalue weighted by atomic mass is 19.1. The first-order valence-electron chi connectivity index (χ1n) is 29.1. The number of carbonyl (C=O) groups excluding carboxylic acids is 2. The third-order valence-corrected chi connectivity index (χ3v) is 17.1. The van der Waals surface area contributed by atoms with Crippen molar-refractivity contribution in [3.63, 3.8) is 0 Å². The number of carbonyl (C=O) groups is 2. The van der Waals surface area contributed by atoms with Crippen LogP contribution in [0.5, 0.6) is 0 Å². The molecule has 10 rings (SSSR count). The van der Waals surface area contributed by atoms with Crippen molar-refractivity contribution >= 4 is 40.8 Å². The number of anilines is 3. The van der Waals surface area contributed by atoms with Crippen LogP contribution in [0, 0.1) is 50.8 Å². The summed E-state index contributed by atoms with van der Waals surface area (Å²) in [5.41, 5.74) is 2.08. The molecule has 83 heavy (non-hydrogen) atoms. The molecule has 6 aliphatic rings. The minimum atomic E-state index is -0.854. The Morgan fingerprint density at radius 3 is 1.61 bits per heavy atom. The Kier molecular flexibility index (Phi) is 22.8. The van der Waals surface area contributed by atoms with E-state index in [1.165, 1.54) is 31.0 Å². The number of hydrogen-bond donors (Lipinski definition) is 2. The van der Waals surface area contributed by atoms with Gasteiger partial charge in [-0.25, -0.2) is 21.9 Å². The predicted octanol–water partition coefficient (Wildman–Crippen LogP) is 12.4. The van der Waals surface area contributed by atoms with Crippen molar-refractivity contribution in [1.82, 2.24) is 5.32 Å². The molecule has 0 radical (unpaired) electrons. The van der Waals surface area contributed by atoms with Gasteiger partial charge in [-0.05, 0) is 145 Å². The Bertz CT molecular complexity index is 2940. The molecule has 0 atom stereocenters. The monoisotopic (exact) mass is 1150 g/mol. The molecule has 0 bridgehead atoms. The molecule has 446 valence electrons. The number of nitrogens with zero attached hydrogens (tertiary/aromatic N) is 6. The summed E-state index contributed by atoms with van der Waals surface area (Å²) in [5.74, 6) is -2.71. The maximum absolute atomic E-state index is 14.1. The average molecular weight is 1150 g/mol. The van der Waals surface area contributed by atoms with Gasteiger partial charge in [-0.1, -0.05) is 19.1 Å². The second-order valence-electron chi connectivity index (χ2n) is 21.8. The molecular weight excluding hydrogens is 1070 g/mol. The van der Waals surface area contributed by atoms with Gasteiger partial charge in [-0.15, -0.1) is 0 Å². The molecule has 3 aliphatic heterocycles. The molecule has 2 N–H and O–H groups in total. The van der Waals surface area contributed by atoms with E-state index in [0.717, 1.165) is 145 Å². The van der Waals surface area contributed by atoms with Gasteiger partial charge >= 0.3 is 5.69 Å². The molecule has 1 amide bonds. The van der Waals surface area contributed by atoms with Gasteiger partial charge in [0.2, 0.25) is 11.7 Å². The summed E-state index contributed by atoms with van der Waals surface area (Å²) in [6.07, 6.45) is 13.0. The zero-order valence-corrected chi connectivity index (χ0v) is 47.8. The molecule has 21 heteroatoms. The molecule has 3 aliphatic carbocycles. The van der Waals surface area contributed by atoms with E-state index in [9.17, 15) is 43.0 Å². The molecule has 6 fully saturated rings. The smallest absolute Gasteiger partial charge is 0.305 e. The molecule has 0 spiro atoms. The van der Waals surface area contributed by atoms with E-state index in [0.29, 0.717) is 62.7 Å². The Balaban J connectivity index is 0.000000175. The van der Waals surface area contributed by atoms with Gasteiger partial charge in [-0.3, -0.25) is 29.8 Å². The molecule has 18 nitrogen and oxygen atoms in total. The third-order valence-electron chi connectivity index (χ3n) is 17.1. The number of rotatable bonds is 18. The molecular formula is C62H77F3N8O10. The molecule has 3 saturated carbocycles. The Morgan fingerprint density at radius 2 is 1.16 bits per heavy atom. The topological polar surface area (TPSA) is 197 Å². The molecule has 3 saturated heterocycles. The number of benzene rings is 4. The van der Waals surface area contributed by atoms with Gasteiger partial charge < -0.3 is 49.1 Å². The molecule has 0 aromatic heterocycles. The van der Waals surface area contributed by atoms with Crippen LogP contribution in [0.2, 0.25) is 0 Å². The average Bonchev–Trinajstić information content (AvgIpc) is 3.61. The normalized spacial score (nSPS) is 18.7. The Hall–Kier alpha value is -7.17. The van der Waals surface area contributed by atoms with E-state index >= 15 is 0 Å². The highest BCUT2D eigenvalue weighted by molar-refractivity contribution is 5.96. The molecule has 4 aromatic rings. The lowest BCUT2D eigenvalue weighted by atomic mass is 9.72. The minimum absolute atomic E-state index is 0.119. The quantitative estimate of drug-likeness (QED) is 0.0413. The lowest BCUT2D eigenvalue weighted by molar-refractivity contribution is -0.387. The van der Waals surface area contributed by atoms with Crippen LogP contribution in [-0.4, -0.2) is 99.6 Å². The number of nitrogens with one attached hydrogen (secondary N) is 2. The molecule has 0 unspecified atom stereocenters. The first-order chi connectivity index (χ1) is 40.1. The van der Waals surface area contributed by atoms with Crippen LogP contribution in [0.3, 0.4) is 0 Å². The lowest BCUT2D eigenvalue weighted by Crippen LogP contribution is -2.40. The van der Waals surface area contributed by atoms with E-state index in [1.807, 2.05) is 37.3 Å². The minimum Gasteiger partial charge on any atom is -0.456 e. The number of halogens is 3. The zero-order valence-electron chi connectivity index (χ0n) is 47.8. The van der Waals surface area contributed by atoms with Crippen LogP contribution in [0.15, 0.2) is 72.8 Å². The first kappa shape index (κ1) is 63.4. The van der Waals surface area contributed by atoms with Crippen molar-refractivity contribution in [3.8, 4) is 0 Å². The number of nitro groups is 2. The standard InChI is InChI=1S/C26H30F2N2O4.C18H23N3O3.C11H9FN2O2.C7H15NO/c1-2-30(21-8-12-33-13-9-21)24-7-5-19(26(34-17-31)10-3-11-26)15-23(24)29-25(32)14-18-4-6-20(27)16-22(18)28;1-3-20(15-7-11-24-12-8-15)16-6-5-14(13-17(16)21(22)23)18(19-2)9-4-10-18;1-13-11(5-2-6-11)8-3-4-9(12)10(7-8)14(15)16;1-2-8-7-3-5-9-6-4-7/h4-7,15-17,21H,2-3,8-14H2,1H3,(H,29,32);5-6,13,15H,3-4,7-12H2,1H3;3-4,7H,2,5-6H2;7-8H,2-6H2,1H3. The van der Waals surface area contributed by atoms with E-state index in [1.54, 1.807) is 6.07 Å². The van der Waals surface area contributed by atoms with Crippen LogP contribution < -0.4 is 20.4 Å². The van der Waals surface area contributed by atoms with Crippen molar-refractivity contribution in [2.45, 2.75) is 158 Å². The van der Waals surface area contributed by atoms with Gasteiger partial charge in [0.15, 0.2) is 0 Å². The van der Waals surface area contributed by atoms with Gasteiger partial charge in [0.05, 0.1) is 27.6 Å². The molecule has 4 aromatic carbocycles. The van der Waals surface area contributed by atoms with Gasteiger partial charge in [0.1, 0.15) is 22.9 Å². The van der Waals surface area contributed by atoms with Crippen molar-refractivity contribution in [2.75, 3.05) is 74.4 Å². The summed E-state index contributed by atoms with van der Waals surface area (Å²) in [5, 5.41) is 28.6. The number of amides is 1. The number of hydrogen-bond acceptors (Lipinski definition) is 13. The highest BCUT2D eigenvalue weighted by Crippen LogP contribution is 2.49. The maximum atomic E-state index is 14.1. The summed E-state index contributed by atoms with van der Waals surface area (Å²) >= 11 is 0. The number of nitro benzene ring substituents is 2. The largest absolute Gasteiger partial charge is 0.456 e. The summed E-state index contributed by atoms with van der Waals surface area (Å²) in [7, 11) is 0. The van der Waals surface area contributed by atoms with Gasteiger partial charge in [0, 0.05) is 126 Å². The van der Waals surface area contributed by atoms with Crippen LogP contribution in [0.25, 0.3) is 9.69 Å². The third kappa shape index (κ3) is 15.5. The predicted molar refractivity (Wildman–Crippen MR) is 309 cm³/mol. The summed E-state index contributed by atoms with van der Waals surface area (Å²) in [4.78, 5) is 57.0. The fourth-order valence-corrected chi connectivity index (χ4v) is 11.8. The van der Waals surface area contributed by atoms with Crippen LogP contribution in [-0.2, 0) is 51.6 Å². The van der Waals surface area contributed by atoms with Crippen LogP contribution in [0.1, 0.15) is 139 Å². The van der Waals surface area contributed by atoms with Crippen LogP contribution >= 0.6 is 0 Å². The van der Waals surface area contributed by atoms with E-state index < -0.39 is 50.6 Å². The van der Waals surface area contributed by atoms with E-state index in [-0.39, 0.29) is 34.7 Å². The fourth-order valence-electron chi connectivity index (χ4n) is 11.8. The highest BCUT2D eigenvalue weighted by Gasteiger charge is 2.48. The summed E-state index contributed by atoms with van der Waals surface area (Å²) < 4.78 is 62.1. The summed E-state index contributed by atoms with van der Waals surface area (Å²) in [6.45, 7) is 28.5. The number of ether oxygens (including phenoxy) is 4. The zero-order chi connectivity index (χ0) is 59.6. The van der Waals surface area contributed by atoms with Crippen molar-refractivity contribution in [3.05, 3.63) is 156 Å². The van der Waals surface area contributed by atoms with E-state index in [4.69, 9.17) is 32.1 Å². The molecule has 3 heterocycles. The SMILES string of the molecule is CCN(c1ccc(C2(OC=O)CCC2)cc1NC(=O)Cc1ccc(F)cc1F)C1CCOCC1.CCNC1CCOCC1.[C-]#[N+]C1(c2ccc(F)c([N+](=O)[O-])c2)CCC1.[C-]#[N+]C1(c2ccc(N(CC)C3CCOCC3)c([N+](=O)[O-])c2)CCC1.